The van der Waals surface area contributed by atoms with Crippen LogP contribution in [0, 0.1) is 0 Å². The van der Waals surface area contributed by atoms with Crippen molar-refractivity contribution in [1.82, 2.24) is 34.4 Å². The summed E-state index contributed by atoms with van der Waals surface area (Å²) in [6, 6.07) is 3.78. The minimum absolute atomic E-state index is 0.0199. The number of carbonyl (C=O) groups is 1. The number of Topliss-reactive ketones (excluding diaryl/α,β-unsaturated/α-hetero) is 1. The Hall–Kier alpha value is -3.80. The van der Waals surface area contributed by atoms with Crippen LogP contribution in [0.5, 0.6) is 0 Å². The predicted octanol–water partition coefficient (Wildman–Crippen LogP) is 1.91. The number of nitrogen functional groups attached to an aromatic ring is 1. The lowest BCUT2D eigenvalue weighted by molar-refractivity contribution is -0.0838. The van der Waals surface area contributed by atoms with Crippen LogP contribution in [0.1, 0.15) is 48.7 Å². The molecule has 0 saturated carbocycles. The second-order valence-corrected chi connectivity index (χ2v) is 9.09. The first-order valence-electron chi connectivity index (χ1n) is 11.9. The van der Waals surface area contributed by atoms with Gasteiger partial charge in [-0.2, -0.15) is 9.61 Å². The van der Waals surface area contributed by atoms with Gasteiger partial charge in [0.05, 0.1) is 35.4 Å². The van der Waals surface area contributed by atoms with Gasteiger partial charge in [-0.1, -0.05) is 6.07 Å². The van der Waals surface area contributed by atoms with Crippen molar-refractivity contribution in [3.8, 4) is 22.5 Å². The van der Waals surface area contributed by atoms with Gasteiger partial charge in [-0.15, -0.1) is 0 Å². The van der Waals surface area contributed by atoms with Gasteiger partial charge >= 0.3 is 0 Å². The Morgan fingerprint density at radius 2 is 1.86 bits per heavy atom. The first-order chi connectivity index (χ1) is 17.3. The standard InChI is InChI=1S/C25H28N8O3/c1-14(34)21-22(16-5-9-32(10-6-16)25(36)15(2)35)31-24-18(12-30-33(24)23(21)26)17-3-4-19(29-11-17)20-13-27-7-8-28-20/h3-4,7-8,11-13,15-16,25,35-36H,5-6,9-10,26H2,1-2H3. The van der Waals surface area contributed by atoms with Gasteiger partial charge in [-0.25, -0.2) is 4.98 Å². The Labute approximate surface area is 207 Å². The van der Waals surface area contributed by atoms with Crippen LogP contribution in [-0.4, -0.2) is 75.9 Å². The molecule has 4 aromatic heterocycles. The zero-order valence-electron chi connectivity index (χ0n) is 20.1. The van der Waals surface area contributed by atoms with E-state index in [1.165, 1.54) is 11.4 Å². The van der Waals surface area contributed by atoms with Gasteiger partial charge in [0, 0.05) is 48.7 Å². The van der Waals surface area contributed by atoms with Crippen LogP contribution >= 0.6 is 0 Å². The summed E-state index contributed by atoms with van der Waals surface area (Å²) in [7, 11) is 0. The lowest BCUT2D eigenvalue weighted by Crippen LogP contribution is -2.46. The number of carbonyl (C=O) groups excluding carboxylic acids is 1. The van der Waals surface area contributed by atoms with Crippen molar-refractivity contribution in [3.05, 3.63) is 54.4 Å². The second-order valence-electron chi connectivity index (χ2n) is 9.09. The van der Waals surface area contributed by atoms with Crippen LogP contribution in [0.3, 0.4) is 0 Å². The van der Waals surface area contributed by atoms with Gasteiger partial charge < -0.3 is 15.9 Å². The van der Waals surface area contributed by atoms with E-state index in [0.29, 0.717) is 54.2 Å². The third-order valence-corrected chi connectivity index (χ3v) is 6.68. The molecule has 0 aliphatic carbocycles. The third kappa shape index (κ3) is 4.32. The van der Waals surface area contributed by atoms with Gasteiger partial charge in [-0.05, 0) is 32.8 Å². The monoisotopic (exact) mass is 488 g/mol. The zero-order chi connectivity index (χ0) is 25.4. The van der Waals surface area contributed by atoms with Gasteiger partial charge in [0.1, 0.15) is 17.7 Å². The SMILES string of the molecule is CC(=O)c1c(C2CCN(C(O)C(C)O)CC2)nc2c(-c3ccc(-c4cnccn4)nc3)cnn2c1N. The number of ketones is 1. The van der Waals surface area contributed by atoms with E-state index in [1.54, 1.807) is 37.9 Å². The van der Waals surface area contributed by atoms with Crippen molar-refractivity contribution >= 4 is 17.2 Å². The minimum Gasteiger partial charge on any atom is -0.389 e. The van der Waals surface area contributed by atoms with Crippen LogP contribution < -0.4 is 5.73 Å². The van der Waals surface area contributed by atoms with Crippen molar-refractivity contribution in [2.75, 3.05) is 18.8 Å². The first kappa shape index (κ1) is 23.9. The summed E-state index contributed by atoms with van der Waals surface area (Å²) in [6.45, 7) is 4.19. The smallest absolute Gasteiger partial charge is 0.165 e. The molecule has 1 aliphatic heterocycles. The molecular formula is C25H28N8O3. The number of hydrogen-bond donors (Lipinski definition) is 3. The van der Waals surface area contributed by atoms with Crippen LogP contribution in [-0.2, 0) is 0 Å². The van der Waals surface area contributed by atoms with Gasteiger partial charge in [0.2, 0.25) is 0 Å². The Morgan fingerprint density at radius 1 is 1.08 bits per heavy atom. The number of rotatable bonds is 6. The van der Waals surface area contributed by atoms with E-state index < -0.39 is 12.3 Å². The molecule has 1 aliphatic rings. The van der Waals surface area contributed by atoms with Crippen LogP contribution in [0.15, 0.2) is 43.1 Å². The molecule has 5 rings (SSSR count). The van der Waals surface area contributed by atoms with Crippen molar-refractivity contribution in [3.63, 3.8) is 0 Å². The molecule has 186 valence electrons. The van der Waals surface area contributed by atoms with Gasteiger partial charge in [0.15, 0.2) is 11.4 Å². The highest BCUT2D eigenvalue weighted by atomic mass is 16.3. The average Bonchev–Trinajstić information content (AvgIpc) is 3.33. The topological polar surface area (TPSA) is 156 Å². The number of nitrogens with zero attached hydrogens (tertiary/aromatic N) is 7. The lowest BCUT2D eigenvalue weighted by atomic mass is 9.89. The van der Waals surface area contributed by atoms with Gasteiger partial charge in [-0.3, -0.25) is 24.6 Å². The van der Waals surface area contributed by atoms with Crippen molar-refractivity contribution in [1.29, 1.82) is 0 Å². The highest BCUT2D eigenvalue weighted by molar-refractivity contribution is 6.00. The number of aliphatic hydroxyl groups excluding tert-OH is 2. The molecule has 2 atom stereocenters. The summed E-state index contributed by atoms with van der Waals surface area (Å²) in [5, 5.41) is 24.4. The largest absolute Gasteiger partial charge is 0.389 e. The van der Waals surface area contributed by atoms with Crippen LogP contribution in [0.2, 0.25) is 0 Å². The summed E-state index contributed by atoms with van der Waals surface area (Å²) in [5.41, 5.74) is 11.0. The molecule has 0 bridgehead atoms. The maximum Gasteiger partial charge on any atom is 0.165 e. The Morgan fingerprint density at radius 3 is 2.47 bits per heavy atom. The fourth-order valence-corrected chi connectivity index (χ4v) is 4.77. The molecule has 4 aromatic rings. The number of piperidine rings is 1. The van der Waals surface area contributed by atoms with E-state index in [9.17, 15) is 15.0 Å². The highest BCUT2D eigenvalue weighted by Gasteiger charge is 2.31. The number of aliphatic hydroxyl groups is 2. The number of likely N-dealkylation sites (tertiary alicyclic amines) is 1. The number of hydrogen-bond acceptors (Lipinski definition) is 10. The number of aromatic nitrogens is 6. The van der Waals surface area contributed by atoms with E-state index in [-0.39, 0.29) is 17.5 Å². The molecule has 1 saturated heterocycles. The van der Waals surface area contributed by atoms with Crippen LogP contribution in [0.4, 0.5) is 5.82 Å². The first-order valence-corrected chi connectivity index (χ1v) is 11.9. The maximum atomic E-state index is 12.6. The van der Waals surface area contributed by atoms with Crippen molar-refractivity contribution in [2.24, 2.45) is 0 Å². The predicted molar refractivity (Wildman–Crippen MR) is 133 cm³/mol. The van der Waals surface area contributed by atoms with E-state index in [2.05, 4.69) is 20.1 Å². The van der Waals surface area contributed by atoms with E-state index in [1.807, 2.05) is 17.0 Å². The fourth-order valence-electron chi connectivity index (χ4n) is 4.77. The molecule has 0 aromatic carbocycles. The molecule has 0 amide bonds. The lowest BCUT2D eigenvalue weighted by Gasteiger charge is -2.36. The van der Waals surface area contributed by atoms with E-state index in [4.69, 9.17) is 10.7 Å². The molecule has 36 heavy (non-hydrogen) atoms. The fraction of sp³-hybridized carbons (Fsp3) is 0.360. The molecule has 5 heterocycles. The molecule has 2 unspecified atom stereocenters. The van der Waals surface area contributed by atoms with Crippen molar-refractivity contribution < 1.29 is 15.0 Å². The number of fused-ring (bicyclic) bond motifs is 1. The number of pyridine rings is 1. The second kappa shape index (κ2) is 9.69. The van der Waals surface area contributed by atoms with Crippen molar-refractivity contribution in [2.45, 2.75) is 44.9 Å². The minimum atomic E-state index is -0.919. The van der Waals surface area contributed by atoms with E-state index >= 15 is 0 Å². The van der Waals surface area contributed by atoms with Crippen LogP contribution in [0.25, 0.3) is 28.2 Å². The molecule has 1 fully saturated rings. The summed E-state index contributed by atoms with van der Waals surface area (Å²) in [4.78, 5) is 32.3. The third-order valence-electron chi connectivity index (χ3n) is 6.68. The Balaban J connectivity index is 1.51. The van der Waals surface area contributed by atoms with Gasteiger partial charge in [0.25, 0.3) is 0 Å². The summed E-state index contributed by atoms with van der Waals surface area (Å²) >= 11 is 0. The molecule has 4 N–H and O–H groups in total. The number of nitrogens with two attached hydrogens (primary N) is 1. The summed E-state index contributed by atoms with van der Waals surface area (Å²) < 4.78 is 1.50. The molecule has 0 radical (unpaired) electrons. The Bertz CT molecular complexity index is 1380. The highest BCUT2D eigenvalue weighted by Crippen LogP contribution is 2.35. The summed E-state index contributed by atoms with van der Waals surface area (Å²) in [5.74, 6) is 0.0632. The zero-order valence-corrected chi connectivity index (χ0v) is 20.1. The normalized spacial score (nSPS) is 16.8. The maximum absolute atomic E-state index is 12.6. The molecular weight excluding hydrogens is 460 g/mol. The molecule has 11 nitrogen and oxygen atoms in total. The molecule has 0 spiro atoms. The average molecular weight is 489 g/mol. The molecule has 11 heteroatoms. The summed E-state index contributed by atoms with van der Waals surface area (Å²) in [6.07, 6.45) is 7.86. The quantitative estimate of drug-likeness (QED) is 0.343. The Kier molecular flexibility index (Phi) is 6.44. The van der Waals surface area contributed by atoms with E-state index in [0.717, 1.165) is 11.1 Å². The number of anilines is 1.